The van der Waals surface area contributed by atoms with E-state index in [1.807, 2.05) is 13.0 Å². The summed E-state index contributed by atoms with van der Waals surface area (Å²) in [5, 5.41) is 0. The molecule has 1 rings (SSSR count). The van der Waals surface area contributed by atoms with Crippen molar-refractivity contribution in [1.82, 2.24) is 9.80 Å². The van der Waals surface area contributed by atoms with Crippen molar-refractivity contribution in [3.63, 3.8) is 0 Å². The second-order valence-electron chi connectivity index (χ2n) is 3.02. The molecule has 88 valence electrons. The molecule has 0 atom stereocenters. The number of likely N-dealkylation sites (N-methyl/N-ethyl adjacent to an activating group) is 1. The minimum atomic E-state index is -4.67. The number of nitrogens with zero attached hydrogens (tertiary/aromatic N) is 2. The number of hydrogen-bond donors (Lipinski definition) is 2. The standard InChI is InChI=1S/C7H12N2O.H2O4S/c1-6-4-5-8(2)7(10)9(6)3;1-5(2,3)4/h4H,5H2,1-3H3;(H2,1,2,3,4). The maximum absolute atomic E-state index is 11.1. The normalized spacial score (nSPS) is 16.9. The first-order valence-corrected chi connectivity index (χ1v) is 5.38. The van der Waals surface area contributed by atoms with E-state index in [4.69, 9.17) is 17.5 Å². The minimum Gasteiger partial charge on any atom is -0.324 e. The first-order chi connectivity index (χ1) is 6.63. The molecule has 1 heterocycles. The van der Waals surface area contributed by atoms with E-state index in [2.05, 4.69) is 0 Å². The molecular weight excluding hydrogens is 224 g/mol. The van der Waals surface area contributed by atoms with Crippen LogP contribution in [0.25, 0.3) is 0 Å². The summed E-state index contributed by atoms with van der Waals surface area (Å²) in [5.74, 6) is 0. The summed E-state index contributed by atoms with van der Waals surface area (Å²) >= 11 is 0. The van der Waals surface area contributed by atoms with Gasteiger partial charge in [0.25, 0.3) is 0 Å². The van der Waals surface area contributed by atoms with Crippen LogP contribution in [0.1, 0.15) is 6.92 Å². The monoisotopic (exact) mass is 238 g/mol. The molecular formula is C7H14N2O5S. The molecule has 0 saturated heterocycles. The molecule has 2 amide bonds. The van der Waals surface area contributed by atoms with Gasteiger partial charge in [0.2, 0.25) is 0 Å². The van der Waals surface area contributed by atoms with Crippen molar-refractivity contribution in [3.05, 3.63) is 11.8 Å². The summed E-state index contributed by atoms with van der Waals surface area (Å²) in [5.41, 5.74) is 1.03. The van der Waals surface area contributed by atoms with Crippen LogP contribution in [-0.2, 0) is 10.4 Å². The molecule has 1 aliphatic rings. The average Bonchev–Trinajstić information content (AvgIpc) is 2.05. The van der Waals surface area contributed by atoms with Gasteiger partial charge >= 0.3 is 16.4 Å². The van der Waals surface area contributed by atoms with Crippen molar-refractivity contribution in [2.45, 2.75) is 6.92 Å². The fourth-order valence-electron chi connectivity index (χ4n) is 0.891. The van der Waals surface area contributed by atoms with E-state index in [0.717, 1.165) is 12.2 Å². The van der Waals surface area contributed by atoms with Crippen LogP contribution in [0.2, 0.25) is 0 Å². The highest BCUT2D eigenvalue weighted by Crippen LogP contribution is 2.09. The van der Waals surface area contributed by atoms with E-state index in [0.29, 0.717) is 0 Å². The molecule has 0 radical (unpaired) electrons. The van der Waals surface area contributed by atoms with E-state index in [-0.39, 0.29) is 6.03 Å². The molecule has 0 fully saturated rings. The van der Waals surface area contributed by atoms with Crippen molar-refractivity contribution in [1.29, 1.82) is 0 Å². The van der Waals surface area contributed by atoms with Gasteiger partial charge in [0.15, 0.2) is 0 Å². The Hall–Kier alpha value is -1.12. The number of urea groups is 1. The predicted molar refractivity (Wildman–Crippen MR) is 53.7 cm³/mol. The molecule has 0 saturated carbocycles. The van der Waals surface area contributed by atoms with Crippen LogP contribution in [-0.4, -0.2) is 54.0 Å². The van der Waals surface area contributed by atoms with Crippen molar-refractivity contribution in [2.24, 2.45) is 0 Å². The Morgan fingerprint density at radius 2 is 1.73 bits per heavy atom. The summed E-state index contributed by atoms with van der Waals surface area (Å²) in [6.07, 6.45) is 2.03. The maximum atomic E-state index is 11.1. The molecule has 0 spiro atoms. The second kappa shape index (κ2) is 5.10. The van der Waals surface area contributed by atoms with Gasteiger partial charge in [-0.05, 0) is 13.0 Å². The summed E-state index contributed by atoms with van der Waals surface area (Å²) < 4.78 is 31.6. The highest BCUT2D eigenvalue weighted by atomic mass is 32.3. The van der Waals surface area contributed by atoms with Gasteiger partial charge in [0, 0.05) is 26.3 Å². The Morgan fingerprint density at radius 3 is 2.07 bits per heavy atom. The van der Waals surface area contributed by atoms with Gasteiger partial charge in [0.05, 0.1) is 0 Å². The number of hydrogen-bond acceptors (Lipinski definition) is 3. The zero-order valence-corrected chi connectivity index (χ0v) is 9.52. The smallest absolute Gasteiger partial charge is 0.324 e. The molecule has 0 unspecified atom stereocenters. The van der Waals surface area contributed by atoms with Crippen LogP contribution >= 0.6 is 0 Å². The first-order valence-electron chi connectivity index (χ1n) is 3.98. The van der Waals surface area contributed by atoms with Gasteiger partial charge in [-0.3, -0.25) is 9.11 Å². The van der Waals surface area contributed by atoms with Gasteiger partial charge in [-0.15, -0.1) is 0 Å². The minimum absolute atomic E-state index is 0.0694. The molecule has 0 aromatic carbocycles. The average molecular weight is 238 g/mol. The third-order valence-corrected chi connectivity index (χ3v) is 1.80. The number of amides is 2. The van der Waals surface area contributed by atoms with Gasteiger partial charge in [-0.25, -0.2) is 4.79 Å². The van der Waals surface area contributed by atoms with E-state index >= 15 is 0 Å². The second-order valence-corrected chi connectivity index (χ2v) is 3.91. The van der Waals surface area contributed by atoms with Gasteiger partial charge in [-0.2, -0.15) is 8.42 Å². The van der Waals surface area contributed by atoms with Crippen molar-refractivity contribution >= 4 is 16.4 Å². The third-order valence-electron chi connectivity index (χ3n) is 1.80. The Balaban J connectivity index is 0.000000336. The zero-order valence-electron chi connectivity index (χ0n) is 8.71. The van der Waals surface area contributed by atoms with Gasteiger partial charge in [-0.1, -0.05) is 0 Å². The van der Waals surface area contributed by atoms with E-state index < -0.39 is 10.4 Å². The predicted octanol–water partition coefficient (Wildman–Crippen LogP) is 0.235. The zero-order chi connectivity index (χ0) is 12.2. The number of allylic oxidation sites excluding steroid dienone is 1. The van der Waals surface area contributed by atoms with Crippen LogP contribution in [0.5, 0.6) is 0 Å². The topological polar surface area (TPSA) is 98.2 Å². The molecule has 0 aromatic rings. The Labute approximate surface area is 88.6 Å². The van der Waals surface area contributed by atoms with E-state index in [1.165, 1.54) is 0 Å². The third kappa shape index (κ3) is 6.05. The van der Waals surface area contributed by atoms with Crippen LogP contribution in [0.3, 0.4) is 0 Å². The fourth-order valence-corrected chi connectivity index (χ4v) is 0.891. The Kier molecular flexibility index (Phi) is 4.72. The van der Waals surface area contributed by atoms with Crippen LogP contribution < -0.4 is 0 Å². The highest BCUT2D eigenvalue weighted by molar-refractivity contribution is 7.79. The summed E-state index contributed by atoms with van der Waals surface area (Å²) in [6, 6.07) is 0.0694. The largest absolute Gasteiger partial charge is 0.394 e. The first kappa shape index (κ1) is 13.9. The van der Waals surface area contributed by atoms with Crippen molar-refractivity contribution in [2.75, 3.05) is 20.6 Å². The molecule has 15 heavy (non-hydrogen) atoms. The number of carbonyl (C=O) groups excluding carboxylic acids is 1. The van der Waals surface area contributed by atoms with E-state index in [1.54, 1.807) is 23.9 Å². The Morgan fingerprint density at radius 1 is 1.33 bits per heavy atom. The summed E-state index contributed by atoms with van der Waals surface area (Å²) in [6.45, 7) is 2.67. The summed E-state index contributed by atoms with van der Waals surface area (Å²) in [4.78, 5) is 14.5. The maximum Gasteiger partial charge on any atom is 0.394 e. The summed E-state index contributed by atoms with van der Waals surface area (Å²) in [7, 11) is -1.09. The molecule has 0 bridgehead atoms. The SMILES string of the molecule is CC1=CCN(C)C(=O)N1C.O=S(=O)(O)O. The molecule has 8 heteroatoms. The molecule has 0 aliphatic carbocycles. The molecule has 7 nitrogen and oxygen atoms in total. The lowest BCUT2D eigenvalue weighted by Gasteiger charge is -2.29. The lowest BCUT2D eigenvalue weighted by molar-refractivity contribution is 0.182. The van der Waals surface area contributed by atoms with Crippen molar-refractivity contribution < 1.29 is 22.3 Å². The van der Waals surface area contributed by atoms with Crippen LogP contribution in [0, 0.1) is 0 Å². The van der Waals surface area contributed by atoms with Crippen molar-refractivity contribution in [3.8, 4) is 0 Å². The van der Waals surface area contributed by atoms with Gasteiger partial charge < -0.3 is 9.80 Å². The molecule has 0 aromatic heterocycles. The highest BCUT2D eigenvalue weighted by Gasteiger charge is 2.18. The van der Waals surface area contributed by atoms with Crippen LogP contribution in [0.4, 0.5) is 4.79 Å². The quantitative estimate of drug-likeness (QED) is 0.589. The molecule has 2 N–H and O–H groups in total. The lowest BCUT2D eigenvalue weighted by Crippen LogP contribution is -2.41. The number of rotatable bonds is 0. The molecule has 1 aliphatic heterocycles. The van der Waals surface area contributed by atoms with Crippen LogP contribution in [0.15, 0.2) is 11.8 Å². The van der Waals surface area contributed by atoms with Gasteiger partial charge in [0.1, 0.15) is 0 Å². The lowest BCUT2D eigenvalue weighted by atomic mass is 10.3. The Bertz CT molecular complexity index is 354. The van der Waals surface area contributed by atoms with E-state index in [9.17, 15) is 4.79 Å². The fraction of sp³-hybridized carbons (Fsp3) is 0.571. The number of carbonyl (C=O) groups is 1.